The van der Waals surface area contributed by atoms with Crippen LogP contribution in [-0.4, -0.2) is 28.6 Å². The number of anilines is 1. The fourth-order valence-corrected chi connectivity index (χ4v) is 2.87. The number of hydrogen-bond acceptors (Lipinski definition) is 4. The molecule has 0 bridgehead atoms. The summed E-state index contributed by atoms with van der Waals surface area (Å²) in [5, 5.41) is 20.2. The van der Waals surface area contributed by atoms with Crippen molar-refractivity contribution in [3.05, 3.63) is 33.4 Å². The highest BCUT2D eigenvalue weighted by Crippen LogP contribution is 2.35. The molecule has 0 saturated carbocycles. The highest BCUT2D eigenvalue weighted by Gasteiger charge is 2.28. The van der Waals surface area contributed by atoms with Crippen LogP contribution in [0.2, 0.25) is 0 Å². The van der Waals surface area contributed by atoms with Crippen LogP contribution >= 0.6 is 0 Å². The summed E-state index contributed by atoms with van der Waals surface area (Å²) in [5.74, 6) is -1.14. The van der Waals surface area contributed by atoms with Gasteiger partial charge in [0.25, 0.3) is 5.69 Å². The molecule has 1 aliphatic heterocycles. The van der Waals surface area contributed by atoms with Crippen molar-refractivity contribution in [3.8, 4) is 0 Å². The molecule has 1 saturated heterocycles. The summed E-state index contributed by atoms with van der Waals surface area (Å²) in [6, 6.07) is 3.02. The lowest BCUT2D eigenvalue weighted by atomic mass is 10.0. The quantitative estimate of drug-likeness (QED) is 0.676. The molecule has 1 unspecified atom stereocenters. The SMILES string of the molecule is CCC1CCCN1c1cc(C(=O)O)cc([N+](=O)[O-])c1C. The Morgan fingerprint density at radius 1 is 1.55 bits per heavy atom. The van der Waals surface area contributed by atoms with E-state index in [0.717, 1.165) is 31.9 Å². The van der Waals surface area contributed by atoms with E-state index in [9.17, 15) is 14.9 Å². The van der Waals surface area contributed by atoms with Gasteiger partial charge in [-0.05, 0) is 32.3 Å². The Hall–Kier alpha value is -2.11. The molecule has 0 radical (unpaired) electrons. The third-order valence-corrected chi connectivity index (χ3v) is 3.95. The lowest BCUT2D eigenvalue weighted by Crippen LogP contribution is -2.29. The molecule has 1 fully saturated rings. The Kier molecular flexibility index (Phi) is 3.92. The zero-order valence-corrected chi connectivity index (χ0v) is 11.6. The Morgan fingerprint density at radius 3 is 2.80 bits per heavy atom. The molecular formula is C14H18N2O4. The molecule has 1 aliphatic rings. The minimum absolute atomic E-state index is 0.0287. The van der Waals surface area contributed by atoms with E-state index in [0.29, 0.717) is 17.3 Å². The maximum Gasteiger partial charge on any atom is 0.336 e. The van der Waals surface area contributed by atoms with Crippen LogP contribution in [0.3, 0.4) is 0 Å². The van der Waals surface area contributed by atoms with E-state index >= 15 is 0 Å². The first-order chi connectivity index (χ1) is 9.45. The predicted octanol–water partition coefficient (Wildman–Crippen LogP) is 2.98. The van der Waals surface area contributed by atoms with Crippen molar-refractivity contribution in [3.63, 3.8) is 0 Å². The number of benzene rings is 1. The largest absolute Gasteiger partial charge is 0.478 e. The van der Waals surface area contributed by atoms with Gasteiger partial charge in [-0.2, -0.15) is 0 Å². The fourth-order valence-electron chi connectivity index (χ4n) is 2.87. The van der Waals surface area contributed by atoms with Crippen LogP contribution in [0.1, 0.15) is 42.1 Å². The van der Waals surface area contributed by atoms with Crippen molar-refractivity contribution in [1.82, 2.24) is 0 Å². The van der Waals surface area contributed by atoms with Gasteiger partial charge in [0, 0.05) is 24.3 Å². The Balaban J connectivity index is 2.56. The van der Waals surface area contributed by atoms with Crippen LogP contribution in [0.25, 0.3) is 0 Å². The average Bonchev–Trinajstić information content (AvgIpc) is 2.86. The van der Waals surface area contributed by atoms with Crippen molar-refractivity contribution >= 4 is 17.3 Å². The van der Waals surface area contributed by atoms with Gasteiger partial charge in [-0.25, -0.2) is 4.79 Å². The maximum absolute atomic E-state index is 11.2. The summed E-state index contributed by atoms with van der Waals surface area (Å²) in [7, 11) is 0. The van der Waals surface area contributed by atoms with E-state index in [1.54, 1.807) is 13.0 Å². The molecule has 1 N–H and O–H groups in total. The molecule has 0 aliphatic carbocycles. The summed E-state index contributed by atoms with van der Waals surface area (Å²) in [6.45, 7) is 4.58. The van der Waals surface area contributed by atoms with Gasteiger partial charge in [0.2, 0.25) is 0 Å². The van der Waals surface area contributed by atoms with Crippen LogP contribution in [0, 0.1) is 17.0 Å². The van der Waals surface area contributed by atoms with Crippen molar-refractivity contribution in [2.75, 3.05) is 11.4 Å². The van der Waals surface area contributed by atoms with Gasteiger partial charge in [0.1, 0.15) is 0 Å². The normalized spacial score (nSPS) is 18.3. The van der Waals surface area contributed by atoms with Gasteiger partial charge in [-0.3, -0.25) is 10.1 Å². The molecule has 1 aromatic rings. The molecule has 6 heteroatoms. The maximum atomic E-state index is 11.2. The minimum Gasteiger partial charge on any atom is -0.478 e. The first-order valence-electron chi connectivity index (χ1n) is 6.74. The minimum atomic E-state index is -1.14. The molecule has 1 atom stereocenters. The Morgan fingerprint density at radius 2 is 2.25 bits per heavy atom. The number of nitro benzene ring substituents is 1. The van der Waals surface area contributed by atoms with Crippen molar-refractivity contribution in [1.29, 1.82) is 0 Å². The highest BCUT2D eigenvalue weighted by atomic mass is 16.6. The molecule has 1 aromatic carbocycles. The highest BCUT2D eigenvalue weighted by molar-refractivity contribution is 5.90. The predicted molar refractivity (Wildman–Crippen MR) is 75.5 cm³/mol. The molecule has 6 nitrogen and oxygen atoms in total. The lowest BCUT2D eigenvalue weighted by Gasteiger charge is -2.27. The number of aromatic carboxylic acids is 1. The zero-order chi connectivity index (χ0) is 14.9. The number of carboxylic acids is 1. The molecule has 2 rings (SSSR count). The number of nitro groups is 1. The van der Waals surface area contributed by atoms with Gasteiger partial charge in [-0.1, -0.05) is 6.92 Å². The van der Waals surface area contributed by atoms with Crippen LogP contribution in [0.15, 0.2) is 12.1 Å². The third kappa shape index (κ3) is 2.45. The summed E-state index contributed by atoms with van der Waals surface area (Å²) in [4.78, 5) is 23.9. The van der Waals surface area contributed by atoms with E-state index in [-0.39, 0.29) is 11.3 Å². The van der Waals surface area contributed by atoms with Gasteiger partial charge < -0.3 is 10.0 Å². The van der Waals surface area contributed by atoms with Gasteiger partial charge >= 0.3 is 5.97 Å². The third-order valence-electron chi connectivity index (χ3n) is 3.95. The smallest absolute Gasteiger partial charge is 0.336 e. The molecule has 20 heavy (non-hydrogen) atoms. The summed E-state index contributed by atoms with van der Waals surface area (Å²) in [5.41, 5.74) is 1.07. The Labute approximate surface area is 117 Å². The summed E-state index contributed by atoms with van der Waals surface area (Å²) < 4.78 is 0. The number of carboxylic acid groups (broad SMARTS) is 1. The zero-order valence-electron chi connectivity index (χ0n) is 11.6. The second-order valence-corrected chi connectivity index (χ2v) is 5.10. The lowest BCUT2D eigenvalue weighted by molar-refractivity contribution is -0.385. The van der Waals surface area contributed by atoms with Crippen LogP contribution < -0.4 is 4.90 Å². The van der Waals surface area contributed by atoms with E-state index in [1.807, 2.05) is 0 Å². The summed E-state index contributed by atoms with van der Waals surface area (Å²) >= 11 is 0. The van der Waals surface area contributed by atoms with Crippen molar-refractivity contribution in [2.24, 2.45) is 0 Å². The second-order valence-electron chi connectivity index (χ2n) is 5.10. The first kappa shape index (κ1) is 14.3. The van der Waals surface area contributed by atoms with Gasteiger partial charge in [0.05, 0.1) is 16.1 Å². The van der Waals surface area contributed by atoms with Crippen LogP contribution in [0.5, 0.6) is 0 Å². The average molecular weight is 278 g/mol. The van der Waals surface area contributed by atoms with E-state index in [1.165, 1.54) is 0 Å². The summed E-state index contributed by atoms with van der Waals surface area (Å²) in [6.07, 6.45) is 3.02. The van der Waals surface area contributed by atoms with Gasteiger partial charge in [0.15, 0.2) is 0 Å². The topological polar surface area (TPSA) is 83.7 Å². The van der Waals surface area contributed by atoms with E-state index in [4.69, 9.17) is 5.11 Å². The number of carbonyl (C=O) groups is 1. The first-order valence-corrected chi connectivity index (χ1v) is 6.74. The number of rotatable bonds is 4. The number of hydrogen-bond donors (Lipinski definition) is 1. The monoisotopic (exact) mass is 278 g/mol. The molecule has 0 spiro atoms. The molecule has 1 heterocycles. The molecule has 0 aromatic heterocycles. The second kappa shape index (κ2) is 5.48. The molecular weight excluding hydrogens is 260 g/mol. The molecule has 0 amide bonds. The number of nitrogens with zero attached hydrogens (tertiary/aromatic N) is 2. The standard InChI is InChI=1S/C14H18N2O4/c1-3-11-5-4-6-15(11)12-7-10(14(17)18)8-13(9(12)2)16(19)20/h7-8,11H,3-6H2,1-2H3,(H,17,18). The van der Waals surface area contributed by atoms with Crippen LogP contribution in [-0.2, 0) is 0 Å². The van der Waals surface area contributed by atoms with E-state index < -0.39 is 10.9 Å². The van der Waals surface area contributed by atoms with Crippen molar-refractivity contribution < 1.29 is 14.8 Å². The van der Waals surface area contributed by atoms with E-state index in [2.05, 4.69) is 11.8 Å². The van der Waals surface area contributed by atoms with Crippen LogP contribution in [0.4, 0.5) is 11.4 Å². The fraction of sp³-hybridized carbons (Fsp3) is 0.500. The van der Waals surface area contributed by atoms with Crippen molar-refractivity contribution in [2.45, 2.75) is 39.2 Å². The molecule has 108 valence electrons. The van der Waals surface area contributed by atoms with Gasteiger partial charge in [-0.15, -0.1) is 0 Å². The Bertz CT molecular complexity index is 556.